The molecule has 28 heavy (non-hydrogen) atoms. The number of benzene rings is 2. The summed E-state index contributed by atoms with van der Waals surface area (Å²) in [4.78, 5) is 23.6. The molecule has 0 heterocycles. The Morgan fingerprint density at radius 3 is 2.36 bits per heavy atom. The molecule has 0 aliphatic carbocycles. The maximum Gasteiger partial charge on any atom is 0.422 e. The van der Waals surface area contributed by atoms with Crippen molar-refractivity contribution in [3.8, 4) is 5.75 Å². The van der Waals surface area contributed by atoms with Crippen LogP contribution in [-0.2, 0) is 16.1 Å². The van der Waals surface area contributed by atoms with Gasteiger partial charge in [0.05, 0.1) is 5.02 Å². The van der Waals surface area contributed by atoms with Crippen LogP contribution in [0, 0.1) is 11.6 Å². The molecule has 5 nitrogen and oxygen atoms in total. The fraction of sp³-hybridized carbons (Fsp3) is 0.176. The van der Waals surface area contributed by atoms with Crippen LogP contribution in [-0.4, -0.2) is 24.6 Å². The van der Waals surface area contributed by atoms with E-state index >= 15 is 0 Å². The van der Waals surface area contributed by atoms with E-state index in [-0.39, 0.29) is 28.6 Å². The molecule has 11 heteroatoms. The molecule has 2 rings (SSSR count). The van der Waals surface area contributed by atoms with Crippen molar-refractivity contribution in [2.24, 2.45) is 0 Å². The Hall–Kier alpha value is -2.88. The second kappa shape index (κ2) is 8.87. The molecule has 0 aliphatic rings. The Balaban J connectivity index is 1.92. The van der Waals surface area contributed by atoms with Gasteiger partial charge in [0.15, 0.2) is 6.61 Å². The van der Waals surface area contributed by atoms with E-state index in [0.717, 1.165) is 24.3 Å². The molecule has 0 bridgehead atoms. The van der Waals surface area contributed by atoms with Crippen LogP contribution in [0.1, 0.15) is 5.56 Å². The fourth-order valence-corrected chi connectivity index (χ4v) is 2.20. The van der Waals surface area contributed by atoms with E-state index in [1.807, 2.05) is 0 Å². The first kappa shape index (κ1) is 21.4. The van der Waals surface area contributed by atoms with Crippen LogP contribution in [0.3, 0.4) is 0 Å². The van der Waals surface area contributed by atoms with E-state index < -0.39 is 36.2 Å². The molecule has 0 aromatic heterocycles. The number of alkyl halides is 3. The zero-order valence-electron chi connectivity index (χ0n) is 13.9. The second-order valence-corrected chi connectivity index (χ2v) is 5.83. The molecule has 0 aliphatic heterocycles. The summed E-state index contributed by atoms with van der Waals surface area (Å²) in [6.07, 6.45) is -4.54. The molecular formula is C17H12ClF5N2O3. The maximum atomic E-state index is 13.5. The standard InChI is InChI=1S/C17H12ClF5N2O3/c18-12-6-11(3-4-14(12)28-8-17(21,22)23)25-16(27)15(26)24-7-9-1-2-10(19)5-13(9)20/h1-6H,7-8H2,(H,24,26)(H,25,27). The zero-order valence-corrected chi connectivity index (χ0v) is 14.6. The third kappa shape index (κ3) is 6.38. The van der Waals surface area contributed by atoms with Crippen LogP contribution in [0.25, 0.3) is 0 Å². The van der Waals surface area contributed by atoms with Gasteiger partial charge in [-0.15, -0.1) is 0 Å². The molecule has 2 amide bonds. The summed E-state index contributed by atoms with van der Waals surface area (Å²) in [6.45, 7) is -1.90. The summed E-state index contributed by atoms with van der Waals surface area (Å²) in [7, 11) is 0. The summed E-state index contributed by atoms with van der Waals surface area (Å²) in [6, 6.07) is 6.11. The second-order valence-electron chi connectivity index (χ2n) is 5.42. The number of ether oxygens (including phenoxy) is 1. The van der Waals surface area contributed by atoms with Crippen molar-refractivity contribution in [2.45, 2.75) is 12.7 Å². The number of nitrogens with one attached hydrogen (secondary N) is 2. The number of anilines is 1. The third-order valence-electron chi connectivity index (χ3n) is 3.24. The lowest BCUT2D eigenvalue weighted by Gasteiger charge is -2.12. The highest BCUT2D eigenvalue weighted by atomic mass is 35.5. The minimum atomic E-state index is -4.54. The van der Waals surface area contributed by atoms with Crippen LogP contribution in [0.2, 0.25) is 5.02 Å². The lowest BCUT2D eigenvalue weighted by Crippen LogP contribution is -2.35. The van der Waals surface area contributed by atoms with Gasteiger partial charge in [-0.2, -0.15) is 13.2 Å². The number of hydrogen-bond acceptors (Lipinski definition) is 3. The Kier molecular flexibility index (Phi) is 6.79. The molecule has 0 unspecified atom stereocenters. The van der Waals surface area contributed by atoms with Crippen molar-refractivity contribution < 1.29 is 36.3 Å². The molecule has 2 aromatic rings. The van der Waals surface area contributed by atoms with Crippen molar-refractivity contribution in [2.75, 3.05) is 11.9 Å². The predicted molar refractivity (Wildman–Crippen MR) is 89.8 cm³/mol. The van der Waals surface area contributed by atoms with Gasteiger partial charge in [0.25, 0.3) is 0 Å². The molecule has 0 atom stereocenters. The van der Waals surface area contributed by atoms with Gasteiger partial charge in [-0.1, -0.05) is 17.7 Å². The Labute approximate surface area is 160 Å². The summed E-state index contributed by atoms with van der Waals surface area (Å²) in [5.74, 6) is -4.17. The average molecular weight is 423 g/mol. The Morgan fingerprint density at radius 1 is 1.04 bits per heavy atom. The first-order chi connectivity index (χ1) is 13.0. The first-order valence-electron chi connectivity index (χ1n) is 7.57. The minimum Gasteiger partial charge on any atom is -0.483 e. The van der Waals surface area contributed by atoms with Gasteiger partial charge in [-0.3, -0.25) is 9.59 Å². The van der Waals surface area contributed by atoms with Crippen molar-refractivity contribution in [3.05, 3.63) is 58.6 Å². The number of carbonyl (C=O) groups is 2. The SMILES string of the molecule is O=C(NCc1ccc(F)cc1F)C(=O)Nc1ccc(OCC(F)(F)F)c(Cl)c1. The highest BCUT2D eigenvalue weighted by Gasteiger charge is 2.28. The van der Waals surface area contributed by atoms with Crippen molar-refractivity contribution in [1.29, 1.82) is 0 Å². The largest absolute Gasteiger partial charge is 0.483 e. The van der Waals surface area contributed by atoms with Crippen molar-refractivity contribution in [1.82, 2.24) is 5.32 Å². The minimum absolute atomic E-state index is 0.0254. The third-order valence-corrected chi connectivity index (χ3v) is 3.54. The molecule has 0 fully saturated rings. The van der Waals surface area contributed by atoms with Gasteiger partial charge in [-0.05, 0) is 24.3 Å². The van der Waals surface area contributed by atoms with Crippen LogP contribution >= 0.6 is 11.6 Å². The van der Waals surface area contributed by atoms with Crippen LogP contribution < -0.4 is 15.4 Å². The van der Waals surface area contributed by atoms with Crippen molar-refractivity contribution >= 4 is 29.1 Å². The van der Waals surface area contributed by atoms with E-state index in [1.54, 1.807) is 0 Å². The highest BCUT2D eigenvalue weighted by Crippen LogP contribution is 2.29. The van der Waals surface area contributed by atoms with E-state index in [1.165, 1.54) is 6.07 Å². The molecule has 0 saturated carbocycles. The smallest absolute Gasteiger partial charge is 0.422 e. The maximum absolute atomic E-state index is 13.5. The predicted octanol–water partition coefficient (Wildman–Crippen LogP) is 3.81. The van der Waals surface area contributed by atoms with Crippen LogP contribution in [0.15, 0.2) is 36.4 Å². The fourth-order valence-electron chi connectivity index (χ4n) is 1.96. The van der Waals surface area contributed by atoms with E-state index in [4.69, 9.17) is 11.6 Å². The Bertz CT molecular complexity index is 890. The molecule has 2 N–H and O–H groups in total. The van der Waals surface area contributed by atoms with Gasteiger partial charge in [0.2, 0.25) is 0 Å². The van der Waals surface area contributed by atoms with E-state index in [9.17, 15) is 31.5 Å². The molecule has 0 spiro atoms. The van der Waals surface area contributed by atoms with E-state index in [0.29, 0.717) is 6.07 Å². The van der Waals surface area contributed by atoms with Gasteiger partial charge in [0.1, 0.15) is 17.4 Å². The molecule has 0 saturated heterocycles. The van der Waals surface area contributed by atoms with Gasteiger partial charge in [0, 0.05) is 23.9 Å². The number of halogens is 6. The van der Waals surface area contributed by atoms with Gasteiger partial charge < -0.3 is 15.4 Å². The number of rotatable bonds is 5. The molecule has 0 radical (unpaired) electrons. The number of hydrogen-bond donors (Lipinski definition) is 2. The summed E-state index contributed by atoms with van der Waals surface area (Å²) in [5, 5.41) is 4.11. The van der Waals surface area contributed by atoms with Gasteiger partial charge in [-0.25, -0.2) is 8.78 Å². The Morgan fingerprint density at radius 2 is 1.75 bits per heavy atom. The van der Waals surface area contributed by atoms with Gasteiger partial charge >= 0.3 is 18.0 Å². The molecule has 150 valence electrons. The lowest BCUT2D eigenvalue weighted by molar-refractivity contribution is -0.153. The normalized spacial score (nSPS) is 11.1. The van der Waals surface area contributed by atoms with E-state index in [2.05, 4.69) is 15.4 Å². The zero-order chi connectivity index (χ0) is 20.9. The summed E-state index contributed by atoms with van der Waals surface area (Å²) < 4.78 is 67.2. The quantitative estimate of drug-likeness (QED) is 0.569. The first-order valence-corrected chi connectivity index (χ1v) is 7.95. The number of amides is 2. The van der Waals surface area contributed by atoms with Crippen LogP contribution in [0.4, 0.5) is 27.6 Å². The summed E-state index contributed by atoms with van der Waals surface area (Å²) in [5.41, 5.74) is -0.00534. The topological polar surface area (TPSA) is 67.4 Å². The molecular weight excluding hydrogens is 411 g/mol. The highest BCUT2D eigenvalue weighted by molar-refractivity contribution is 6.39. The molecule has 2 aromatic carbocycles. The van der Waals surface area contributed by atoms with Crippen molar-refractivity contribution in [3.63, 3.8) is 0 Å². The average Bonchev–Trinajstić information content (AvgIpc) is 2.59. The lowest BCUT2D eigenvalue weighted by atomic mass is 10.2. The summed E-state index contributed by atoms with van der Waals surface area (Å²) >= 11 is 5.78. The van der Waals surface area contributed by atoms with Crippen LogP contribution in [0.5, 0.6) is 5.75 Å². The number of carbonyl (C=O) groups excluding carboxylic acids is 2. The monoisotopic (exact) mass is 422 g/mol.